The van der Waals surface area contributed by atoms with Crippen LogP contribution in [-0.4, -0.2) is 6.18 Å². The monoisotopic (exact) mass is 614 g/mol. The molecule has 2 aliphatic rings. The Kier molecular flexibility index (Phi) is 8.43. The molecule has 0 radical (unpaired) electrons. The molecule has 11 heteroatoms. The second-order valence-corrected chi connectivity index (χ2v) is 10.9. The first kappa shape index (κ1) is 30.8. The minimum absolute atomic E-state index is 0.115. The maximum Gasteiger partial charge on any atom is 0.458 e. The van der Waals surface area contributed by atoms with Crippen molar-refractivity contribution in [3.8, 4) is 17.6 Å². The second-order valence-electron chi connectivity index (χ2n) is 10.9. The van der Waals surface area contributed by atoms with Gasteiger partial charge in [0.05, 0.1) is 10.9 Å². The smallest absolute Gasteiger partial charge is 0.429 e. The molecule has 1 fully saturated rings. The van der Waals surface area contributed by atoms with Crippen LogP contribution in [0.25, 0.3) is 16.3 Å². The summed E-state index contributed by atoms with van der Waals surface area (Å²) in [5.74, 6) is -6.31. The van der Waals surface area contributed by atoms with Gasteiger partial charge in [-0.2, -0.15) is 22.0 Å². The molecule has 5 rings (SSSR count). The van der Waals surface area contributed by atoms with E-state index in [0.717, 1.165) is 37.8 Å². The molecule has 1 nitrogen and oxygen atoms in total. The number of benzene rings is 3. The van der Waals surface area contributed by atoms with Crippen LogP contribution in [0.1, 0.15) is 68.1 Å². The minimum Gasteiger partial charge on any atom is -0.429 e. The molecule has 0 aliphatic heterocycles. The summed E-state index contributed by atoms with van der Waals surface area (Å²) >= 11 is 0. The quantitative estimate of drug-likeness (QED) is 0.205. The fourth-order valence-corrected chi connectivity index (χ4v) is 6.08. The number of halogens is 10. The van der Waals surface area contributed by atoms with Gasteiger partial charge in [-0.15, -0.1) is 0 Å². The Morgan fingerprint density at radius 2 is 1.40 bits per heavy atom. The first-order chi connectivity index (χ1) is 20.2. The van der Waals surface area contributed by atoms with Crippen LogP contribution in [0.5, 0.6) is 5.75 Å². The van der Waals surface area contributed by atoms with Crippen LogP contribution >= 0.6 is 0 Å². The van der Waals surface area contributed by atoms with E-state index in [9.17, 15) is 35.1 Å². The fourth-order valence-electron chi connectivity index (χ4n) is 6.08. The predicted molar refractivity (Wildman–Crippen MR) is 140 cm³/mol. The summed E-state index contributed by atoms with van der Waals surface area (Å²) in [4.78, 5) is 0. The van der Waals surface area contributed by atoms with Crippen molar-refractivity contribution in [2.45, 2.75) is 63.7 Å². The lowest BCUT2D eigenvalue weighted by atomic mass is 9.73. The van der Waals surface area contributed by atoms with Crippen molar-refractivity contribution < 1.29 is 48.6 Å². The summed E-state index contributed by atoms with van der Waals surface area (Å²) in [6.45, 7) is 0. The maximum absolute atomic E-state index is 15.0. The van der Waals surface area contributed by atoms with Crippen molar-refractivity contribution in [1.82, 2.24) is 0 Å². The number of allylic oxidation sites excluding steroid dienone is 2. The van der Waals surface area contributed by atoms with Crippen molar-refractivity contribution in [1.29, 1.82) is 0 Å². The Labute approximate surface area is 240 Å². The Balaban J connectivity index is 1.40. The molecule has 3 aromatic carbocycles. The average molecular weight is 615 g/mol. The molecule has 0 amide bonds. The third-order valence-corrected chi connectivity index (χ3v) is 8.10. The number of fused-ring (bicyclic) bond motifs is 1. The highest BCUT2D eigenvalue weighted by Gasteiger charge is 2.42. The van der Waals surface area contributed by atoms with E-state index in [1.165, 1.54) is 25.2 Å². The molecule has 43 heavy (non-hydrogen) atoms. The summed E-state index contributed by atoms with van der Waals surface area (Å²) in [5.41, 5.74) is -2.38. The zero-order valence-electron chi connectivity index (χ0n) is 22.5. The van der Waals surface area contributed by atoms with Crippen LogP contribution in [0.4, 0.5) is 43.9 Å². The van der Waals surface area contributed by atoms with Gasteiger partial charge in [-0.05, 0) is 71.9 Å². The van der Waals surface area contributed by atoms with Crippen molar-refractivity contribution >= 4 is 16.3 Å². The minimum atomic E-state index is -5.09. The highest BCUT2D eigenvalue weighted by atomic mass is 19.4. The summed E-state index contributed by atoms with van der Waals surface area (Å²) in [6, 6.07) is 2.71. The number of hydrogen-bond acceptors (Lipinski definition) is 1. The summed E-state index contributed by atoms with van der Waals surface area (Å²) in [7, 11) is 0. The van der Waals surface area contributed by atoms with Crippen LogP contribution in [0.2, 0.25) is 0 Å². The van der Waals surface area contributed by atoms with Crippen LogP contribution in [0.3, 0.4) is 0 Å². The zero-order valence-corrected chi connectivity index (χ0v) is 22.5. The third-order valence-electron chi connectivity index (χ3n) is 8.10. The van der Waals surface area contributed by atoms with E-state index in [-0.39, 0.29) is 11.6 Å². The molecular formula is C32H24F10O. The Hall–Kier alpha value is -3.68. The van der Waals surface area contributed by atoms with Gasteiger partial charge in [0.25, 0.3) is 0 Å². The molecule has 0 spiro atoms. The van der Waals surface area contributed by atoms with Gasteiger partial charge < -0.3 is 4.74 Å². The summed E-state index contributed by atoms with van der Waals surface area (Å²) < 4.78 is 145. The van der Waals surface area contributed by atoms with Gasteiger partial charge in [-0.25, -0.2) is 22.0 Å². The number of rotatable bonds is 5. The van der Waals surface area contributed by atoms with Gasteiger partial charge in [0.1, 0.15) is 34.6 Å². The highest BCUT2D eigenvalue weighted by molar-refractivity contribution is 5.87. The van der Waals surface area contributed by atoms with Crippen LogP contribution < -0.4 is 4.74 Å². The summed E-state index contributed by atoms with van der Waals surface area (Å²) in [5, 5.41) is -1.75. The van der Waals surface area contributed by atoms with Gasteiger partial charge in [0.2, 0.25) is 0 Å². The van der Waals surface area contributed by atoms with Crippen molar-refractivity contribution in [2.75, 3.05) is 0 Å². The van der Waals surface area contributed by atoms with E-state index in [2.05, 4.69) is 4.74 Å². The van der Waals surface area contributed by atoms with E-state index in [4.69, 9.17) is 0 Å². The summed E-state index contributed by atoms with van der Waals surface area (Å²) in [6.07, 6.45) is 0.120. The SMILES string of the molecule is Fc1cc2cc(OC(F)(F)c3c(F)cc(C4=CCC(C5CCCCC5)CC4)cc3F)cc(F)c2c(F)c1C#CC(F)(F)F. The lowest BCUT2D eigenvalue weighted by molar-refractivity contribution is -0.189. The normalized spacial score (nSPS) is 18.3. The van der Waals surface area contributed by atoms with Crippen LogP contribution in [0.15, 0.2) is 36.4 Å². The second kappa shape index (κ2) is 11.8. The van der Waals surface area contributed by atoms with Gasteiger partial charge in [0.15, 0.2) is 5.82 Å². The van der Waals surface area contributed by atoms with E-state index in [0.29, 0.717) is 41.9 Å². The first-order valence-corrected chi connectivity index (χ1v) is 13.7. The number of ether oxygens (including phenoxy) is 1. The maximum atomic E-state index is 15.0. The number of alkyl halides is 5. The van der Waals surface area contributed by atoms with E-state index < -0.39 is 69.0 Å². The standard InChI is InChI=1S/C32H24F10O/c33-24-15-21-12-22(16-25(34)28(21)30(37)23(24)10-11-31(38,39)40)43-32(41,42)29-26(35)13-20(14-27(29)36)19-8-6-18(7-9-19)17-4-2-1-3-5-17/h8,12-18H,1-7,9H2. The van der Waals surface area contributed by atoms with E-state index in [1.807, 2.05) is 6.08 Å². The van der Waals surface area contributed by atoms with E-state index >= 15 is 8.78 Å². The molecular weight excluding hydrogens is 590 g/mol. The van der Waals surface area contributed by atoms with E-state index in [1.54, 1.807) is 0 Å². The van der Waals surface area contributed by atoms with Gasteiger partial charge in [-0.3, -0.25) is 0 Å². The molecule has 3 aromatic rings. The molecule has 1 atom stereocenters. The largest absolute Gasteiger partial charge is 0.458 e. The van der Waals surface area contributed by atoms with Crippen LogP contribution in [0, 0.1) is 52.8 Å². The van der Waals surface area contributed by atoms with Gasteiger partial charge in [-0.1, -0.05) is 44.1 Å². The number of hydrogen-bond donors (Lipinski definition) is 0. The molecule has 0 N–H and O–H groups in total. The molecule has 0 aromatic heterocycles. The van der Waals surface area contributed by atoms with Crippen molar-refractivity contribution in [3.63, 3.8) is 0 Å². The lowest BCUT2D eigenvalue weighted by Gasteiger charge is -2.32. The van der Waals surface area contributed by atoms with Crippen molar-refractivity contribution in [3.05, 3.63) is 82.2 Å². The third kappa shape index (κ3) is 6.63. The molecule has 0 bridgehead atoms. The molecule has 228 valence electrons. The van der Waals surface area contributed by atoms with Crippen LogP contribution in [-0.2, 0) is 6.11 Å². The topological polar surface area (TPSA) is 9.23 Å². The van der Waals surface area contributed by atoms with Gasteiger partial charge in [0, 0.05) is 12.0 Å². The van der Waals surface area contributed by atoms with Gasteiger partial charge >= 0.3 is 12.3 Å². The highest BCUT2D eigenvalue weighted by Crippen LogP contribution is 2.42. The zero-order chi connectivity index (χ0) is 31.1. The first-order valence-electron chi connectivity index (χ1n) is 13.7. The lowest BCUT2D eigenvalue weighted by Crippen LogP contribution is -2.25. The Morgan fingerprint density at radius 1 is 0.721 bits per heavy atom. The average Bonchev–Trinajstić information content (AvgIpc) is 2.91. The molecule has 2 aliphatic carbocycles. The predicted octanol–water partition coefficient (Wildman–Crippen LogP) is 10.3. The molecule has 0 saturated heterocycles. The van der Waals surface area contributed by atoms with Crippen molar-refractivity contribution in [2.24, 2.45) is 11.8 Å². The molecule has 1 saturated carbocycles. The molecule has 0 heterocycles. The fraction of sp³-hybridized carbons (Fsp3) is 0.375. The molecule has 1 unspecified atom stereocenters. The Morgan fingerprint density at radius 3 is 2.00 bits per heavy atom. The Bertz CT molecular complexity index is 1620.